The molecule has 0 saturated carbocycles. The first-order valence-electron chi connectivity index (χ1n) is 8.73. The number of nitrogens with zero attached hydrogens (tertiary/aromatic N) is 1. The molecule has 2 aromatic rings. The first kappa shape index (κ1) is 19.6. The summed E-state index contributed by atoms with van der Waals surface area (Å²) in [6, 6.07) is 11.7. The van der Waals surface area contributed by atoms with E-state index in [1.165, 1.54) is 6.07 Å². The van der Waals surface area contributed by atoms with Crippen molar-refractivity contribution in [3.05, 3.63) is 69.9 Å². The highest BCUT2D eigenvalue weighted by atomic mass is 35.5. The third kappa shape index (κ3) is 3.64. The quantitative estimate of drug-likeness (QED) is 0.610. The molecule has 0 unspecified atom stereocenters. The second kappa shape index (κ2) is 7.86. The Hall–Kier alpha value is -3.12. The predicted molar refractivity (Wildman–Crippen MR) is 107 cm³/mol. The maximum Gasteiger partial charge on any atom is 0.338 e. The van der Waals surface area contributed by atoms with Gasteiger partial charge in [0.25, 0.3) is 11.8 Å². The fourth-order valence-electron chi connectivity index (χ4n) is 2.80. The summed E-state index contributed by atoms with van der Waals surface area (Å²) in [6.45, 7) is 5.85. The summed E-state index contributed by atoms with van der Waals surface area (Å²) in [5.41, 5.74) is 3.28. The minimum Gasteiger partial charge on any atom is -0.462 e. The van der Waals surface area contributed by atoms with Crippen molar-refractivity contribution < 1.29 is 19.1 Å². The van der Waals surface area contributed by atoms with Crippen molar-refractivity contribution in [2.75, 3.05) is 16.8 Å². The molecule has 1 aliphatic rings. The van der Waals surface area contributed by atoms with Gasteiger partial charge in [-0.3, -0.25) is 9.59 Å². The van der Waals surface area contributed by atoms with Crippen LogP contribution >= 0.6 is 11.6 Å². The Labute approximate surface area is 167 Å². The first-order chi connectivity index (χ1) is 13.3. The monoisotopic (exact) mass is 398 g/mol. The average molecular weight is 399 g/mol. The molecule has 0 atom stereocenters. The molecule has 6 nitrogen and oxygen atoms in total. The van der Waals surface area contributed by atoms with E-state index in [9.17, 15) is 14.4 Å². The van der Waals surface area contributed by atoms with Crippen LogP contribution < -0.4 is 10.2 Å². The van der Waals surface area contributed by atoms with Gasteiger partial charge in [0.2, 0.25) is 0 Å². The third-order valence-corrected chi connectivity index (χ3v) is 4.77. The molecule has 144 valence electrons. The van der Waals surface area contributed by atoms with Crippen molar-refractivity contribution in [1.29, 1.82) is 0 Å². The van der Waals surface area contributed by atoms with E-state index in [0.29, 0.717) is 5.69 Å². The van der Waals surface area contributed by atoms with Crippen LogP contribution in [0.5, 0.6) is 0 Å². The Morgan fingerprint density at radius 2 is 1.82 bits per heavy atom. The molecule has 0 aromatic heterocycles. The molecule has 0 aliphatic carbocycles. The lowest BCUT2D eigenvalue weighted by molar-refractivity contribution is -0.120. The molecule has 2 amide bonds. The fraction of sp³-hybridized carbons (Fsp3) is 0.190. The number of amides is 2. The number of hydrogen-bond donors (Lipinski definition) is 1. The lowest BCUT2D eigenvalue weighted by Crippen LogP contribution is -2.32. The van der Waals surface area contributed by atoms with Crippen molar-refractivity contribution in [2.45, 2.75) is 20.8 Å². The van der Waals surface area contributed by atoms with Gasteiger partial charge in [0, 0.05) is 5.69 Å². The number of carbonyl (C=O) groups excluding carboxylic acids is 3. The number of benzene rings is 2. The van der Waals surface area contributed by atoms with Gasteiger partial charge in [0.1, 0.15) is 10.7 Å². The Morgan fingerprint density at radius 1 is 1.07 bits per heavy atom. The number of aryl methyl sites for hydroxylation is 2. The normalized spacial score (nSPS) is 13.9. The minimum atomic E-state index is -0.654. The van der Waals surface area contributed by atoms with E-state index >= 15 is 0 Å². The number of esters is 1. The predicted octanol–water partition coefficient (Wildman–Crippen LogP) is 3.92. The van der Waals surface area contributed by atoms with Crippen molar-refractivity contribution in [3.63, 3.8) is 0 Å². The van der Waals surface area contributed by atoms with Crippen LogP contribution in [0.25, 0.3) is 0 Å². The summed E-state index contributed by atoms with van der Waals surface area (Å²) < 4.78 is 4.97. The highest BCUT2D eigenvalue weighted by Crippen LogP contribution is 2.31. The number of carbonyl (C=O) groups is 3. The Balaban J connectivity index is 1.89. The van der Waals surface area contributed by atoms with E-state index in [4.69, 9.17) is 16.3 Å². The Morgan fingerprint density at radius 3 is 2.50 bits per heavy atom. The van der Waals surface area contributed by atoms with E-state index in [0.717, 1.165) is 16.0 Å². The van der Waals surface area contributed by atoms with Gasteiger partial charge in [-0.2, -0.15) is 0 Å². The second-order valence-corrected chi connectivity index (χ2v) is 6.71. The van der Waals surface area contributed by atoms with E-state index in [1.807, 2.05) is 26.0 Å². The zero-order valence-electron chi connectivity index (χ0n) is 15.7. The van der Waals surface area contributed by atoms with Crippen molar-refractivity contribution in [3.8, 4) is 0 Å². The summed E-state index contributed by atoms with van der Waals surface area (Å²) in [5, 5.41) is 2.74. The Bertz CT molecular complexity index is 1010. The number of rotatable bonds is 5. The maximum atomic E-state index is 12.9. The topological polar surface area (TPSA) is 75.7 Å². The summed E-state index contributed by atoms with van der Waals surface area (Å²) in [5.74, 6) is -1.77. The van der Waals surface area contributed by atoms with Gasteiger partial charge in [-0.25, -0.2) is 9.69 Å². The van der Waals surface area contributed by atoms with Gasteiger partial charge in [-0.1, -0.05) is 23.7 Å². The molecule has 28 heavy (non-hydrogen) atoms. The standard InChI is InChI=1S/C21H19ClN2O4/c1-4-28-21(27)14-6-5-7-16(11-14)24-19(25)17(22)18(20(24)26)23-15-9-8-12(2)13(3)10-15/h5-11,23H,4H2,1-3H3. The lowest BCUT2D eigenvalue weighted by atomic mass is 10.1. The van der Waals surface area contributed by atoms with E-state index in [1.54, 1.807) is 31.2 Å². The van der Waals surface area contributed by atoms with Crippen LogP contribution in [0.2, 0.25) is 0 Å². The van der Waals surface area contributed by atoms with Gasteiger partial charge >= 0.3 is 5.97 Å². The van der Waals surface area contributed by atoms with Gasteiger partial charge in [0.05, 0.1) is 17.9 Å². The van der Waals surface area contributed by atoms with Crippen LogP contribution in [-0.2, 0) is 14.3 Å². The molecule has 7 heteroatoms. The fourth-order valence-corrected chi connectivity index (χ4v) is 3.01. The first-order valence-corrected chi connectivity index (χ1v) is 9.11. The molecule has 1 heterocycles. The molecule has 0 bridgehead atoms. The minimum absolute atomic E-state index is 0.00328. The molecule has 0 radical (unpaired) electrons. The van der Waals surface area contributed by atoms with Gasteiger partial charge < -0.3 is 10.1 Å². The summed E-state index contributed by atoms with van der Waals surface area (Å²) in [4.78, 5) is 38.4. The van der Waals surface area contributed by atoms with Crippen LogP contribution in [0.1, 0.15) is 28.4 Å². The molecule has 3 rings (SSSR count). The molecule has 1 aliphatic heterocycles. The zero-order chi connectivity index (χ0) is 20.4. The van der Waals surface area contributed by atoms with Crippen LogP contribution in [-0.4, -0.2) is 24.4 Å². The number of ether oxygens (including phenoxy) is 1. The molecule has 2 aromatic carbocycles. The lowest BCUT2D eigenvalue weighted by Gasteiger charge is -2.16. The molecule has 0 spiro atoms. The number of halogens is 1. The Kier molecular flexibility index (Phi) is 5.51. The number of imide groups is 1. The molecule has 1 N–H and O–H groups in total. The van der Waals surface area contributed by atoms with Crippen molar-refractivity contribution >= 4 is 40.8 Å². The van der Waals surface area contributed by atoms with Gasteiger partial charge in [-0.05, 0) is 62.2 Å². The highest BCUT2D eigenvalue weighted by Gasteiger charge is 2.39. The zero-order valence-corrected chi connectivity index (χ0v) is 16.5. The third-order valence-electron chi connectivity index (χ3n) is 4.42. The summed E-state index contributed by atoms with van der Waals surface area (Å²) in [6.07, 6.45) is 0. The van der Waals surface area contributed by atoms with E-state index < -0.39 is 17.8 Å². The molecular formula is C21H19ClN2O4. The maximum absolute atomic E-state index is 12.9. The van der Waals surface area contributed by atoms with Crippen LogP contribution in [0.4, 0.5) is 11.4 Å². The van der Waals surface area contributed by atoms with Crippen molar-refractivity contribution in [1.82, 2.24) is 0 Å². The van der Waals surface area contributed by atoms with Crippen molar-refractivity contribution in [2.24, 2.45) is 0 Å². The number of anilines is 2. The SMILES string of the molecule is CCOC(=O)c1cccc(N2C(=O)C(Cl)=C(Nc3ccc(C)c(C)c3)C2=O)c1. The van der Waals surface area contributed by atoms with Crippen LogP contribution in [0.3, 0.4) is 0 Å². The van der Waals surface area contributed by atoms with E-state index in [2.05, 4.69) is 5.32 Å². The summed E-state index contributed by atoms with van der Waals surface area (Å²) in [7, 11) is 0. The molecular weight excluding hydrogens is 380 g/mol. The van der Waals surface area contributed by atoms with Gasteiger partial charge in [0.15, 0.2) is 0 Å². The highest BCUT2D eigenvalue weighted by molar-refractivity contribution is 6.53. The van der Waals surface area contributed by atoms with Crippen LogP contribution in [0.15, 0.2) is 53.2 Å². The van der Waals surface area contributed by atoms with E-state index in [-0.39, 0.29) is 28.6 Å². The molecule has 0 saturated heterocycles. The largest absolute Gasteiger partial charge is 0.462 e. The average Bonchev–Trinajstić information content (AvgIpc) is 2.88. The smallest absolute Gasteiger partial charge is 0.338 e. The van der Waals surface area contributed by atoms with Gasteiger partial charge in [-0.15, -0.1) is 0 Å². The van der Waals surface area contributed by atoms with Crippen LogP contribution in [0, 0.1) is 13.8 Å². The second-order valence-electron chi connectivity index (χ2n) is 6.33. The number of hydrogen-bond acceptors (Lipinski definition) is 5. The number of nitrogens with one attached hydrogen (secondary N) is 1. The molecule has 0 fully saturated rings. The summed E-state index contributed by atoms with van der Waals surface area (Å²) >= 11 is 6.15.